The van der Waals surface area contributed by atoms with E-state index in [4.69, 9.17) is 10.5 Å². The summed E-state index contributed by atoms with van der Waals surface area (Å²) < 4.78 is 44.0. The standard InChI is InChI=1S/C15H20F3NO/c16-15(17,18)13-7-2-1-6-12(13)14(19)10-20-9-8-11-4-3-5-11/h1-2,6-7,11,14H,3-5,8-10,19H2. The van der Waals surface area contributed by atoms with Crippen LogP contribution in [0.5, 0.6) is 0 Å². The normalized spacial score (nSPS) is 17.8. The lowest BCUT2D eigenvalue weighted by molar-refractivity contribution is -0.138. The molecule has 0 saturated heterocycles. The number of benzene rings is 1. The Balaban J connectivity index is 1.86. The van der Waals surface area contributed by atoms with Gasteiger partial charge in [-0.15, -0.1) is 0 Å². The number of hydrogen-bond donors (Lipinski definition) is 1. The highest BCUT2D eigenvalue weighted by atomic mass is 19.4. The van der Waals surface area contributed by atoms with Gasteiger partial charge in [-0.2, -0.15) is 13.2 Å². The van der Waals surface area contributed by atoms with Crippen molar-refractivity contribution in [1.82, 2.24) is 0 Å². The fraction of sp³-hybridized carbons (Fsp3) is 0.600. The van der Waals surface area contributed by atoms with Gasteiger partial charge in [0.15, 0.2) is 0 Å². The van der Waals surface area contributed by atoms with E-state index < -0.39 is 17.8 Å². The lowest BCUT2D eigenvalue weighted by Crippen LogP contribution is -2.22. The van der Waals surface area contributed by atoms with E-state index in [1.807, 2.05) is 0 Å². The molecule has 0 spiro atoms. The summed E-state index contributed by atoms with van der Waals surface area (Å²) in [5.41, 5.74) is 5.26. The van der Waals surface area contributed by atoms with Crippen LogP contribution in [0.3, 0.4) is 0 Å². The summed E-state index contributed by atoms with van der Waals surface area (Å²) in [6, 6.07) is 4.68. The molecule has 0 heterocycles. The van der Waals surface area contributed by atoms with Crippen LogP contribution in [0.25, 0.3) is 0 Å². The number of halogens is 3. The number of hydrogen-bond acceptors (Lipinski definition) is 2. The third-order valence-electron chi connectivity index (χ3n) is 3.86. The van der Waals surface area contributed by atoms with Gasteiger partial charge in [0.25, 0.3) is 0 Å². The molecule has 1 aliphatic rings. The van der Waals surface area contributed by atoms with E-state index >= 15 is 0 Å². The Bertz CT molecular complexity index is 429. The third kappa shape index (κ3) is 3.96. The highest BCUT2D eigenvalue weighted by molar-refractivity contribution is 5.32. The largest absolute Gasteiger partial charge is 0.416 e. The molecule has 2 nitrogen and oxygen atoms in total. The summed E-state index contributed by atoms with van der Waals surface area (Å²) in [6.45, 7) is 0.701. The maximum atomic E-state index is 12.9. The van der Waals surface area contributed by atoms with Crippen LogP contribution in [0.15, 0.2) is 24.3 Å². The maximum absolute atomic E-state index is 12.9. The van der Waals surface area contributed by atoms with Crippen molar-refractivity contribution in [3.8, 4) is 0 Å². The molecule has 1 atom stereocenters. The summed E-state index contributed by atoms with van der Waals surface area (Å²) >= 11 is 0. The molecule has 0 bridgehead atoms. The van der Waals surface area contributed by atoms with E-state index in [1.54, 1.807) is 6.07 Å². The van der Waals surface area contributed by atoms with Crippen LogP contribution in [0.4, 0.5) is 13.2 Å². The molecule has 0 aromatic heterocycles. The van der Waals surface area contributed by atoms with Gasteiger partial charge in [0.05, 0.1) is 18.2 Å². The molecule has 1 unspecified atom stereocenters. The van der Waals surface area contributed by atoms with Crippen molar-refractivity contribution < 1.29 is 17.9 Å². The van der Waals surface area contributed by atoms with E-state index in [-0.39, 0.29) is 12.2 Å². The Morgan fingerprint density at radius 2 is 1.95 bits per heavy atom. The Hall–Kier alpha value is -1.07. The topological polar surface area (TPSA) is 35.2 Å². The molecular formula is C15H20F3NO. The number of ether oxygens (including phenoxy) is 1. The van der Waals surface area contributed by atoms with E-state index in [0.29, 0.717) is 6.61 Å². The minimum atomic E-state index is -4.37. The van der Waals surface area contributed by atoms with Crippen LogP contribution in [0, 0.1) is 5.92 Å². The molecule has 1 aromatic carbocycles. The highest BCUT2D eigenvalue weighted by Gasteiger charge is 2.34. The van der Waals surface area contributed by atoms with Crippen LogP contribution >= 0.6 is 0 Å². The van der Waals surface area contributed by atoms with Gasteiger partial charge in [0.2, 0.25) is 0 Å². The molecule has 112 valence electrons. The summed E-state index contributed by atoms with van der Waals surface area (Å²) in [4.78, 5) is 0. The average molecular weight is 287 g/mol. The molecule has 20 heavy (non-hydrogen) atoms. The van der Waals surface area contributed by atoms with E-state index in [9.17, 15) is 13.2 Å². The molecule has 2 N–H and O–H groups in total. The first-order valence-corrected chi connectivity index (χ1v) is 6.98. The lowest BCUT2D eigenvalue weighted by atomic mass is 9.83. The van der Waals surface area contributed by atoms with Gasteiger partial charge in [-0.25, -0.2) is 0 Å². The zero-order valence-electron chi connectivity index (χ0n) is 11.3. The number of nitrogens with two attached hydrogens (primary N) is 1. The van der Waals surface area contributed by atoms with Crippen molar-refractivity contribution in [3.63, 3.8) is 0 Å². The Morgan fingerprint density at radius 3 is 2.55 bits per heavy atom. The smallest absolute Gasteiger partial charge is 0.379 e. The molecular weight excluding hydrogens is 267 g/mol. The van der Waals surface area contributed by atoms with Crippen molar-refractivity contribution in [2.24, 2.45) is 11.7 Å². The van der Waals surface area contributed by atoms with Crippen molar-refractivity contribution in [2.75, 3.05) is 13.2 Å². The minimum Gasteiger partial charge on any atom is -0.379 e. The lowest BCUT2D eigenvalue weighted by Gasteiger charge is -2.25. The summed E-state index contributed by atoms with van der Waals surface area (Å²) in [5.74, 6) is 0.730. The highest BCUT2D eigenvalue weighted by Crippen LogP contribution is 2.34. The average Bonchev–Trinajstić information content (AvgIpc) is 2.35. The molecule has 1 fully saturated rings. The zero-order chi connectivity index (χ0) is 14.6. The predicted molar refractivity (Wildman–Crippen MR) is 71.1 cm³/mol. The van der Waals surface area contributed by atoms with Gasteiger partial charge in [-0.3, -0.25) is 0 Å². The van der Waals surface area contributed by atoms with Gasteiger partial charge < -0.3 is 10.5 Å². The third-order valence-corrected chi connectivity index (χ3v) is 3.86. The molecule has 0 aliphatic heterocycles. The second kappa shape index (κ2) is 6.59. The van der Waals surface area contributed by atoms with Crippen molar-refractivity contribution in [3.05, 3.63) is 35.4 Å². The Labute approximate surface area is 117 Å². The molecule has 1 aliphatic carbocycles. The van der Waals surface area contributed by atoms with E-state index in [2.05, 4.69) is 0 Å². The number of alkyl halides is 3. The Morgan fingerprint density at radius 1 is 1.25 bits per heavy atom. The maximum Gasteiger partial charge on any atom is 0.416 e. The fourth-order valence-corrected chi connectivity index (χ4v) is 2.41. The molecule has 2 rings (SSSR count). The summed E-state index contributed by atoms with van der Waals surface area (Å²) in [6.07, 6.45) is 0.371. The predicted octanol–water partition coefficient (Wildman–Crippen LogP) is 3.91. The van der Waals surface area contributed by atoms with Crippen LogP contribution in [0.2, 0.25) is 0 Å². The molecule has 1 saturated carbocycles. The van der Waals surface area contributed by atoms with E-state index in [1.165, 1.54) is 31.4 Å². The quantitative estimate of drug-likeness (QED) is 0.805. The van der Waals surface area contributed by atoms with Crippen LogP contribution in [-0.4, -0.2) is 13.2 Å². The Kier molecular flexibility index (Phi) is 5.05. The monoisotopic (exact) mass is 287 g/mol. The van der Waals surface area contributed by atoms with Crippen molar-refractivity contribution >= 4 is 0 Å². The summed E-state index contributed by atoms with van der Waals surface area (Å²) in [7, 11) is 0. The number of rotatable bonds is 6. The first-order valence-electron chi connectivity index (χ1n) is 6.98. The van der Waals surface area contributed by atoms with Gasteiger partial charge in [0.1, 0.15) is 0 Å². The van der Waals surface area contributed by atoms with Crippen LogP contribution in [-0.2, 0) is 10.9 Å². The van der Waals surface area contributed by atoms with Crippen LogP contribution < -0.4 is 5.73 Å². The fourth-order valence-electron chi connectivity index (χ4n) is 2.41. The van der Waals surface area contributed by atoms with Crippen molar-refractivity contribution in [1.29, 1.82) is 0 Å². The molecule has 1 aromatic rings. The zero-order valence-corrected chi connectivity index (χ0v) is 11.3. The van der Waals surface area contributed by atoms with Gasteiger partial charge >= 0.3 is 6.18 Å². The van der Waals surface area contributed by atoms with Gasteiger partial charge in [0, 0.05) is 6.61 Å². The molecule has 0 amide bonds. The second-order valence-corrected chi connectivity index (χ2v) is 5.35. The molecule has 5 heteroatoms. The minimum absolute atomic E-state index is 0.101. The molecule has 0 radical (unpaired) electrons. The first kappa shape index (κ1) is 15.3. The van der Waals surface area contributed by atoms with E-state index in [0.717, 1.165) is 18.4 Å². The van der Waals surface area contributed by atoms with Gasteiger partial charge in [-0.05, 0) is 24.0 Å². The van der Waals surface area contributed by atoms with Crippen molar-refractivity contribution in [2.45, 2.75) is 37.9 Å². The SMILES string of the molecule is NC(COCCC1CCC1)c1ccccc1C(F)(F)F. The summed E-state index contributed by atoms with van der Waals surface area (Å²) in [5, 5.41) is 0. The van der Waals surface area contributed by atoms with Crippen LogP contribution in [0.1, 0.15) is 42.9 Å². The second-order valence-electron chi connectivity index (χ2n) is 5.35. The first-order chi connectivity index (χ1) is 9.48. The van der Waals surface area contributed by atoms with Gasteiger partial charge in [-0.1, -0.05) is 37.5 Å².